The minimum Gasteiger partial charge on any atom is -0.368 e. The van der Waals surface area contributed by atoms with Crippen molar-refractivity contribution in [3.05, 3.63) is 47.1 Å². The zero-order valence-corrected chi connectivity index (χ0v) is 20.7. The molecule has 3 N–H and O–H groups in total. The van der Waals surface area contributed by atoms with Crippen LogP contribution in [0.1, 0.15) is 24.4 Å². The van der Waals surface area contributed by atoms with E-state index in [-0.39, 0.29) is 12.0 Å². The molecule has 0 aromatic carbocycles. The number of aryl methyl sites for hydroxylation is 1. The van der Waals surface area contributed by atoms with Crippen LogP contribution in [0.2, 0.25) is 5.15 Å². The summed E-state index contributed by atoms with van der Waals surface area (Å²) < 4.78 is 25.2. The summed E-state index contributed by atoms with van der Waals surface area (Å²) in [6.45, 7) is 5.97. The summed E-state index contributed by atoms with van der Waals surface area (Å²) in [5, 5.41) is 3.63. The molecule has 0 saturated carbocycles. The molecule has 0 aliphatic carbocycles. The van der Waals surface area contributed by atoms with Crippen molar-refractivity contribution in [1.29, 1.82) is 0 Å². The first-order valence-electron chi connectivity index (χ1n) is 10.7. The van der Waals surface area contributed by atoms with Crippen molar-refractivity contribution in [2.45, 2.75) is 19.9 Å². The van der Waals surface area contributed by atoms with Crippen molar-refractivity contribution in [3.63, 3.8) is 0 Å². The van der Waals surface area contributed by atoms with E-state index in [1.54, 1.807) is 31.5 Å². The van der Waals surface area contributed by atoms with Crippen LogP contribution in [0, 0.1) is 6.92 Å². The maximum Gasteiger partial charge on any atom is 0.223 e. The van der Waals surface area contributed by atoms with Crippen LogP contribution in [0.5, 0.6) is 0 Å². The lowest BCUT2D eigenvalue weighted by atomic mass is 10.1. The number of nitrogens with one attached hydrogen (secondary N) is 1. The van der Waals surface area contributed by atoms with Gasteiger partial charge in [-0.1, -0.05) is 11.6 Å². The van der Waals surface area contributed by atoms with E-state index in [4.69, 9.17) is 17.3 Å². The third kappa shape index (κ3) is 5.58. The number of anilines is 3. The molecule has 4 heterocycles. The molecule has 180 valence electrons. The summed E-state index contributed by atoms with van der Waals surface area (Å²) in [5.74, 6) is 1.55. The van der Waals surface area contributed by atoms with E-state index in [0.717, 1.165) is 5.56 Å². The van der Waals surface area contributed by atoms with E-state index >= 15 is 0 Å². The maximum absolute atomic E-state index is 11.8. The lowest BCUT2D eigenvalue weighted by Crippen LogP contribution is -2.48. The molecule has 11 nitrogen and oxygen atoms in total. The third-order valence-corrected chi connectivity index (χ3v) is 7.20. The van der Waals surface area contributed by atoms with Gasteiger partial charge in [-0.05, 0) is 37.6 Å². The normalized spacial score (nSPS) is 16.4. The van der Waals surface area contributed by atoms with Crippen LogP contribution in [-0.4, -0.2) is 75.0 Å². The fourth-order valence-corrected chi connectivity index (χ4v) is 4.76. The average Bonchev–Trinajstić information content (AvgIpc) is 2.79. The summed E-state index contributed by atoms with van der Waals surface area (Å²) >= 11 is 5.90. The molecule has 34 heavy (non-hydrogen) atoms. The molecular weight excluding hydrogens is 478 g/mol. The van der Waals surface area contributed by atoms with Crippen LogP contribution in [0.4, 0.5) is 17.5 Å². The number of nitrogen functional groups attached to an aromatic ring is 1. The van der Waals surface area contributed by atoms with Crippen molar-refractivity contribution in [2.24, 2.45) is 0 Å². The standard InChI is InChI=1S/C21H26ClN9O2S/c1-13(30-6-8-31(9-7-30)34(3,32)33)15-10-17(20-26-14(2)27-21(23)29-20)19(25-11-15)28-16-4-5-18(22)24-12-16/h4-5,10-13H,6-9H2,1-3H3,(H,25,28)(H2,23,26,27,29). The van der Waals surface area contributed by atoms with Gasteiger partial charge >= 0.3 is 0 Å². The van der Waals surface area contributed by atoms with E-state index in [1.165, 1.54) is 10.6 Å². The molecule has 3 aromatic rings. The van der Waals surface area contributed by atoms with Crippen molar-refractivity contribution < 1.29 is 8.42 Å². The Kier molecular flexibility index (Phi) is 6.94. The highest BCUT2D eigenvalue weighted by atomic mass is 35.5. The Morgan fingerprint density at radius 3 is 2.44 bits per heavy atom. The van der Waals surface area contributed by atoms with Gasteiger partial charge < -0.3 is 11.1 Å². The molecule has 0 bridgehead atoms. The first-order valence-corrected chi connectivity index (χ1v) is 12.9. The van der Waals surface area contributed by atoms with E-state index in [1.807, 2.05) is 6.07 Å². The number of pyridine rings is 2. The van der Waals surface area contributed by atoms with Crippen LogP contribution in [-0.2, 0) is 10.0 Å². The highest BCUT2D eigenvalue weighted by molar-refractivity contribution is 7.88. The Morgan fingerprint density at radius 1 is 1.09 bits per heavy atom. The van der Waals surface area contributed by atoms with Crippen molar-refractivity contribution in [1.82, 2.24) is 34.1 Å². The number of nitrogens with two attached hydrogens (primary N) is 1. The van der Waals surface area contributed by atoms with Gasteiger partial charge in [0.25, 0.3) is 0 Å². The lowest BCUT2D eigenvalue weighted by molar-refractivity contribution is 0.146. The highest BCUT2D eigenvalue weighted by Gasteiger charge is 2.27. The number of hydrogen-bond acceptors (Lipinski definition) is 10. The molecule has 1 aliphatic rings. The number of aromatic nitrogens is 5. The fourth-order valence-electron chi connectivity index (χ4n) is 3.82. The first kappa shape index (κ1) is 24.2. The quantitative estimate of drug-likeness (QED) is 0.480. The van der Waals surface area contributed by atoms with E-state index in [2.05, 4.69) is 42.1 Å². The molecule has 0 radical (unpaired) electrons. The molecule has 1 atom stereocenters. The maximum atomic E-state index is 11.8. The van der Waals surface area contributed by atoms with Gasteiger partial charge in [-0.25, -0.2) is 23.4 Å². The van der Waals surface area contributed by atoms with Gasteiger partial charge in [0.05, 0.1) is 23.7 Å². The van der Waals surface area contributed by atoms with Crippen molar-refractivity contribution in [2.75, 3.05) is 43.5 Å². The Morgan fingerprint density at radius 2 is 1.82 bits per heavy atom. The van der Waals surface area contributed by atoms with Gasteiger partial charge in [-0.15, -0.1) is 0 Å². The average molecular weight is 504 g/mol. The number of rotatable bonds is 6. The van der Waals surface area contributed by atoms with E-state index in [0.29, 0.717) is 60.0 Å². The predicted molar refractivity (Wildman–Crippen MR) is 131 cm³/mol. The predicted octanol–water partition coefficient (Wildman–Crippen LogP) is 2.25. The molecule has 0 spiro atoms. The van der Waals surface area contributed by atoms with Gasteiger partial charge in [0.15, 0.2) is 5.82 Å². The van der Waals surface area contributed by atoms with Gasteiger partial charge in [0.2, 0.25) is 16.0 Å². The van der Waals surface area contributed by atoms with Gasteiger partial charge in [-0.3, -0.25) is 4.90 Å². The Balaban J connectivity index is 1.66. The molecule has 0 amide bonds. The number of halogens is 1. The zero-order valence-electron chi connectivity index (χ0n) is 19.1. The zero-order chi connectivity index (χ0) is 24.5. The summed E-state index contributed by atoms with van der Waals surface area (Å²) in [5.41, 5.74) is 8.19. The SMILES string of the molecule is Cc1nc(N)nc(-c2cc(C(C)N3CCN(S(C)(=O)=O)CC3)cnc2Nc2ccc(Cl)nc2)n1. The summed E-state index contributed by atoms with van der Waals surface area (Å²) in [6, 6.07) is 5.45. The first-order chi connectivity index (χ1) is 16.1. The Hall–Kier alpha value is -2.93. The topological polar surface area (TPSA) is 143 Å². The number of sulfonamides is 1. The number of nitrogens with zero attached hydrogens (tertiary/aromatic N) is 7. The molecule has 4 rings (SSSR count). The van der Waals surface area contributed by atoms with E-state index in [9.17, 15) is 8.42 Å². The second kappa shape index (κ2) is 9.74. The van der Waals surface area contributed by atoms with Crippen LogP contribution in [0.15, 0.2) is 30.6 Å². The molecular formula is C21H26ClN9O2S. The largest absolute Gasteiger partial charge is 0.368 e. The molecule has 1 aliphatic heterocycles. The van der Waals surface area contributed by atoms with Crippen molar-refractivity contribution >= 4 is 39.1 Å². The van der Waals surface area contributed by atoms with Crippen LogP contribution < -0.4 is 11.1 Å². The Bertz CT molecular complexity index is 1260. The smallest absolute Gasteiger partial charge is 0.223 e. The number of hydrogen-bond donors (Lipinski definition) is 2. The monoisotopic (exact) mass is 503 g/mol. The lowest BCUT2D eigenvalue weighted by Gasteiger charge is -2.37. The summed E-state index contributed by atoms with van der Waals surface area (Å²) in [7, 11) is -3.19. The molecule has 1 saturated heterocycles. The molecule has 1 fully saturated rings. The molecule has 3 aromatic heterocycles. The van der Waals surface area contributed by atoms with Crippen LogP contribution >= 0.6 is 11.6 Å². The second-order valence-electron chi connectivity index (χ2n) is 8.10. The molecule has 13 heteroatoms. The molecule has 1 unspecified atom stereocenters. The minimum absolute atomic E-state index is 0.000472. The van der Waals surface area contributed by atoms with Crippen molar-refractivity contribution in [3.8, 4) is 11.4 Å². The van der Waals surface area contributed by atoms with Crippen LogP contribution in [0.3, 0.4) is 0 Å². The summed E-state index contributed by atoms with van der Waals surface area (Å²) in [4.78, 5) is 23.8. The minimum atomic E-state index is -3.19. The van der Waals surface area contributed by atoms with Gasteiger partial charge in [0, 0.05) is 38.4 Å². The third-order valence-electron chi connectivity index (χ3n) is 5.68. The van der Waals surface area contributed by atoms with Gasteiger partial charge in [-0.2, -0.15) is 14.3 Å². The number of piperazine rings is 1. The Labute approximate surface area is 203 Å². The second-order valence-corrected chi connectivity index (χ2v) is 10.5. The fraction of sp³-hybridized carbons (Fsp3) is 0.381. The van der Waals surface area contributed by atoms with Gasteiger partial charge in [0.1, 0.15) is 16.8 Å². The highest BCUT2D eigenvalue weighted by Crippen LogP contribution is 2.31. The van der Waals surface area contributed by atoms with E-state index < -0.39 is 10.0 Å². The summed E-state index contributed by atoms with van der Waals surface area (Å²) in [6.07, 6.45) is 4.64. The van der Waals surface area contributed by atoms with Crippen LogP contribution in [0.25, 0.3) is 11.4 Å².